The molecular weight excluding hydrogens is 309 g/mol. The second-order valence-electron chi connectivity index (χ2n) is 6.23. The fourth-order valence-corrected chi connectivity index (χ4v) is 3.27. The lowest BCUT2D eigenvalue weighted by molar-refractivity contribution is -0.693. The number of pyridine rings is 1. The minimum absolute atomic E-state index is 0.151. The molecule has 0 radical (unpaired) electrons. The largest absolute Gasteiger partial charge is 0.207 e. The smallest absolute Gasteiger partial charge is 0.194 e. The number of hydrogen-bond acceptors (Lipinski definition) is 0. The number of halogens is 1. The molecule has 122 valence electrons. The lowest BCUT2D eigenvalue weighted by Gasteiger charge is -2.09. The predicted octanol–water partition coefficient (Wildman–Crippen LogP) is 4.91. The van der Waals surface area contributed by atoms with Crippen molar-refractivity contribution >= 4 is 10.8 Å². The Kier molecular flexibility index (Phi) is 4.26. The molecule has 0 fully saturated rings. The standard InChI is InChI=1S/C23H19FN/c24-22-13-7-5-11-20(22)16-23-21-12-6-4-10-19(21)14-15-25(23)17-18-8-2-1-3-9-18/h1-15H,16-17H2/q+1. The summed E-state index contributed by atoms with van der Waals surface area (Å²) in [5.41, 5.74) is 3.09. The normalized spacial score (nSPS) is 10.9. The molecule has 1 nitrogen and oxygen atoms in total. The van der Waals surface area contributed by atoms with Gasteiger partial charge in [0.15, 0.2) is 18.4 Å². The molecule has 1 aromatic heterocycles. The van der Waals surface area contributed by atoms with E-state index in [9.17, 15) is 4.39 Å². The lowest BCUT2D eigenvalue weighted by Crippen LogP contribution is -2.39. The zero-order chi connectivity index (χ0) is 17.1. The minimum Gasteiger partial charge on any atom is -0.207 e. The summed E-state index contributed by atoms with van der Waals surface area (Å²) in [4.78, 5) is 0. The molecule has 0 saturated carbocycles. The molecule has 0 aliphatic rings. The van der Waals surface area contributed by atoms with Crippen LogP contribution in [0.4, 0.5) is 4.39 Å². The summed E-state index contributed by atoms with van der Waals surface area (Å²) in [5.74, 6) is -0.151. The van der Waals surface area contributed by atoms with Gasteiger partial charge >= 0.3 is 0 Å². The molecule has 0 saturated heterocycles. The molecule has 0 N–H and O–H groups in total. The molecule has 0 atom stereocenters. The topological polar surface area (TPSA) is 3.88 Å². The zero-order valence-electron chi connectivity index (χ0n) is 13.9. The van der Waals surface area contributed by atoms with Gasteiger partial charge in [0.05, 0.1) is 6.42 Å². The van der Waals surface area contributed by atoms with E-state index >= 15 is 0 Å². The van der Waals surface area contributed by atoms with Crippen LogP contribution >= 0.6 is 0 Å². The van der Waals surface area contributed by atoms with Crippen LogP contribution in [0, 0.1) is 5.82 Å². The van der Waals surface area contributed by atoms with Gasteiger partial charge in [-0.3, -0.25) is 0 Å². The third-order valence-electron chi connectivity index (χ3n) is 4.56. The molecule has 4 rings (SSSR count). The van der Waals surface area contributed by atoms with E-state index in [1.54, 1.807) is 6.07 Å². The van der Waals surface area contributed by atoms with Crippen LogP contribution in [-0.2, 0) is 13.0 Å². The van der Waals surface area contributed by atoms with Gasteiger partial charge in [0.25, 0.3) is 0 Å². The van der Waals surface area contributed by atoms with E-state index < -0.39 is 0 Å². The molecule has 25 heavy (non-hydrogen) atoms. The maximum atomic E-state index is 14.2. The number of nitrogens with zero attached hydrogens (tertiary/aromatic N) is 1. The van der Waals surface area contributed by atoms with E-state index in [0.717, 1.165) is 17.8 Å². The van der Waals surface area contributed by atoms with Gasteiger partial charge < -0.3 is 0 Å². The average molecular weight is 328 g/mol. The van der Waals surface area contributed by atoms with Gasteiger partial charge in [0, 0.05) is 17.0 Å². The second-order valence-corrected chi connectivity index (χ2v) is 6.23. The second kappa shape index (κ2) is 6.86. The summed E-state index contributed by atoms with van der Waals surface area (Å²) in [6.45, 7) is 0.773. The fraction of sp³-hybridized carbons (Fsp3) is 0.0870. The number of fused-ring (bicyclic) bond motifs is 1. The molecule has 3 aromatic carbocycles. The Labute approximate surface area is 147 Å². The quantitative estimate of drug-likeness (QED) is 0.469. The maximum Gasteiger partial charge on any atom is 0.194 e. The third kappa shape index (κ3) is 3.29. The lowest BCUT2D eigenvalue weighted by atomic mass is 10.0. The van der Waals surface area contributed by atoms with E-state index in [1.165, 1.54) is 22.4 Å². The highest BCUT2D eigenvalue weighted by Gasteiger charge is 2.17. The first-order valence-corrected chi connectivity index (χ1v) is 8.49. The van der Waals surface area contributed by atoms with Gasteiger partial charge in [-0.25, -0.2) is 4.39 Å². The van der Waals surface area contributed by atoms with Crippen LogP contribution in [0.1, 0.15) is 16.8 Å². The molecule has 0 unspecified atom stereocenters. The van der Waals surface area contributed by atoms with Gasteiger partial charge in [0.1, 0.15) is 5.82 Å². The Morgan fingerprint density at radius 2 is 1.44 bits per heavy atom. The van der Waals surface area contributed by atoms with Crippen molar-refractivity contribution in [1.82, 2.24) is 0 Å². The Hall–Kier alpha value is -3.00. The van der Waals surface area contributed by atoms with Crippen LogP contribution < -0.4 is 4.57 Å². The molecule has 0 aliphatic carbocycles. The van der Waals surface area contributed by atoms with Crippen molar-refractivity contribution in [3.05, 3.63) is 114 Å². The molecule has 2 heteroatoms. The zero-order valence-corrected chi connectivity index (χ0v) is 13.9. The van der Waals surface area contributed by atoms with E-state index in [0.29, 0.717) is 6.42 Å². The van der Waals surface area contributed by atoms with Crippen LogP contribution in [0.25, 0.3) is 10.8 Å². The highest BCUT2D eigenvalue weighted by atomic mass is 19.1. The summed E-state index contributed by atoms with van der Waals surface area (Å²) in [6.07, 6.45) is 2.67. The van der Waals surface area contributed by atoms with Crippen molar-refractivity contribution in [2.75, 3.05) is 0 Å². The number of aromatic nitrogens is 1. The van der Waals surface area contributed by atoms with Gasteiger partial charge in [-0.2, -0.15) is 4.57 Å². The summed E-state index contributed by atoms with van der Waals surface area (Å²) in [5, 5.41) is 2.35. The Morgan fingerprint density at radius 3 is 2.28 bits per heavy atom. The summed E-state index contributed by atoms with van der Waals surface area (Å²) in [7, 11) is 0. The van der Waals surface area contributed by atoms with Crippen LogP contribution in [0.15, 0.2) is 91.1 Å². The SMILES string of the molecule is Fc1ccccc1Cc1c2ccccc2cc[n+]1Cc1ccccc1. The van der Waals surface area contributed by atoms with Gasteiger partial charge in [0.2, 0.25) is 0 Å². The predicted molar refractivity (Wildman–Crippen MR) is 98.9 cm³/mol. The maximum absolute atomic E-state index is 14.2. The molecule has 0 bridgehead atoms. The van der Waals surface area contributed by atoms with Crippen molar-refractivity contribution in [3.8, 4) is 0 Å². The monoisotopic (exact) mass is 328 g/mol. The minimum atomic E-state index is -0.151. The fourth-order valence-electron chi connectivity index (χ4n) is 3.27. The number of hydrogen-bond donors (Lipinski definition) is 0. The average Bonchev–Trinajstić information content (AvgIpc) is 2.66. The summed E-state index contributed by atoms with van der Waals surface area (Å²) >= 11 is 0. The summed E-state index contributed by atoms with van der Waals surface area (Å²) < 4.78 is 16.5. The van der Waals surface area contributed by atoms with E-state index in [-0.39, 0.29) is 5.82 Å². The first-order chi connectivity index (χ1) is 12.3. The molecular formula is C23H19FN+. The van der Waals surface area contributed by atoms with Crippen molar-refractivity contribution < 1.29 is 8.96 Å². The molecule has 0 amide bonds. The summed E-state index contributed by atoms with van der Waals surface area (Å²) in [6, 6.07) is 27.8. The van der Waals surface area contributed by atoms with E-state index in [4.69, 9.17) is 0 Å². The van der Waals surface area contributed by atoms with Crippen LogP contribution in [0.3, 0.4) is 0 Å². The first kappa shape index (κ1) is 15.5. The Balaban J connectivity index is 1.83. The van der Waals surface area contributed by atoms with Crippen molar-refractivity contribution in [2.24, 2.45) is 0 Å². The van der Waals surface area contributed by atoms with E-state index in [1.807, 2.05) is 42.5 Å². The van der Waals surface area contributed by atoms with Crippen LogP contribution in [-0.4, -0.2) is 0 Å². The van der Waals surface area contributed by atoms with Gasteiger partial charge in [-0.15, -0.1) is 0 Å². The first-order valence-electron chi connectivity index (χ1n) is 8.49. The van der Waals surface area contributed by atoms with Crippen molar-refractivity contribution in [3.63, 3.8) is 0 Å². The molecule has 4 aromatic rings. The van der Waals surface area contributed by atoms with E-state index in [2.05, 4.69) is 41.1 Å². The van der Waals surface area contributed by atoms with Gasteiger partial charge in [-0.1, -0.05) is 66.7 Å². The number of rotatable bonds is 4. The Morgan fingerprint density at radius 1 is 0.720 bits per heavy atom. The van der Waals surface area contributed by atoms with Crippen LogP contribution in [0.2, 0.25) is 0 Å². The Bertz CT molecular complexity index is 1010. The van der Waals surface area contributed by atoms with Gasteiger partial charge in [-0.05, 0) is 23.1 Å². The van der Waals surface area contributed by atoms with Crippen molar-refractivity contribution in [2.45, 2.75) is 13.0 Å². The number of benzene rings is 3. The van der Waals surface area contributed by atoms with Crippen molar-refractivity contribution in [1.29, 1.82) is 0 Å². The highest BCUT2D eigenvalue weighted by Crippen LogP contribution is 2.20. The molecule has 0 spiro atoms. The molecule has 1 heterocycles. The van der Waals surface area contributed by atoms with Crippen LogP contribution in [0.5, 0.6) is 0 Å². The molecule has 0 aliphatic heterocycles. The highest BCUT2D eigenvalue weighted by molar-refractivity contribution is 5.83. The third-order valence-corrected chi connectivity index (χ3v) is 4.56.